The zero-order valence-corrected chi connectivity index (χ0v) is 14.0. The minimum Gasteiger partial charge on any atom is -0.345 e. The smallest absolute Gasteiger partial charge is 0.174 e. The molecule has 1 aliphatic rings. The first kappa shape index (κ1) is 15.3. The van der Waals surface area contributed by atoms with Crippen molar-refractivity contribution in [3.63, 3.8) is 0 Å². The maximum Gasteiger partial charge on any atom is 0.174 e. The summed E-state index contributed by atoms with van der Waals surface area (Å²) in [5.41, 5.74) is 3.22. The summed E-state index contributed by atoms with van der Waals surface area (Å²) in [7, 11) is 0. The van der Waals surface area contributed by atoms with Crippen molar-refractivity contribution in [1.82, 2.24) is 9.47 Å². The van der Waals surface area contributed by atoms with Crippen molar-refractivity contribution in [2.45, 2.75) is 26.4 Å². The molecule has 1 aromatic carbocycles. The van der Waals surface area contributed by atoms with Crippen LogP contribution in [0.3, 0.4) is 0 Å². The van der Waals surface area contributed by atoms with E-state index in [-0.39, 0.29) is 11.1 Å². The first-order valence-electron chi connectivity index (χ1n) is 7.16. The van der Waals surface area contributed by atoms with E-state index in [0.29, 0.717) is 10.8 Å². The van der Waals surface area contributed by atoms with Gasteiger partial charge in [-0.3, -0.25) is 0 Å². The topological polar surface area (TPSA) is 20.2 Å². The third-order valence-corrected chi connectivity index (χ3v) is 4.75. The molecular formula is C16H17ClFN3S. The second kappa shape index (κ2) is 5.89. The molecule has 0 aliphatic carbocycles. The first-order valence-corrected chi connectivity index (χ1v) is 7.94. The Labute approximate surface area is 139 Å². The monoisotopic (exact) mass is 337 g/mol. The highest BCUT2D eigenvalue weighted by atomic mass is 35.5. The van der Waals surface area contributed by atoms with Crippen molar-refractivity contribution in [3.05, 3.63) is 52.6 Å². The van der Waals surface area contributed by atoms with Gasteiger partial charge in [-0.2, -0.15) is 0 Å². The fraction of sp³-hybridized carbons (Fsp3) is 0.312. The highest BCUT2D eigenvalue weighted by molar-refractivity contribution is 7.80. The molecule has 1 aromatic heterocycles. The largest absolute Gasteiger partial charge is 0.345 e. The molecule has 0 fully saturated rings. The molecule has 116 valence electrons. The number of halogens is 2. The van der Waals surface area contributed by atoms with Crippen molar-refractivity contribution in [1.29, 1.82) is 0 Å². The average Bonchev–Trinajstić information content (AvgIpc) is 2.86. The predicted molar refractivity (Wildman–Crippen MR) is 91.9 cm³/mol. The quantitative estimate of drug-likeness (QED) is 0.781. The summed E-state index contributed by atoms with van der Waals surface area (Å²) in [5.74, 6) is -0.433. The van der Waals surface area contributed by atoms with Crippen molar-refractivity contribution < 1.29 is 4.39 Å². The van der Waals surface area contributed by atoms with E-state index in [0.717, 1.165) is 13.1 Å². The molecule has 2 heterocycles. The normalized spacial score (nSPS) is 17.3. The van der Waals surface area contributed by atoms with E-state index in [4.69, 9.17) is 23.8 Å². The molecule has 0 spiro atoms. The molecule has 2 aromatic rings. The van der Waals surface area contributed by atoms with Gasteiger partial charge in [-0.25, -0.2) is 4.39 Å². The summed E-state index contributed by atoms with van der Waals surface area (Å²) < 4.78 is 15.5. The Kier molecular flexibility index (Phi) is 4.10. The van der Waals surface area contributed by atoms with Crippen LogP contribution < -0.4 is 5.32 Å². The number of anilines is 1. The number of thiocarbonyl (C=S) groups is 1. The maximum absolute atomic E-state index is 13.2. The lowest BCUT2D eigenvalue weighted by Crippen LogP contribution is -2.43. The third-order valence-electron chi connectivity index (χ3n) is 4.12. The lowest BCUT2D eigenvalue weighted by atomic mass is 10.1. The standard InChI is InChI=1S/C16H17ClFN3S/c1-10-3-6-15-11(2)21(8-7-20(10)15)16(22)19-12-4-5-14(18)13(17)9-12/h3-6,9,11H,7-8H2,1-2H3,(H,19,22)/t11-/m1/s1. The molecule has 1 atom stereocenters. The fourth-order valence-corrected chi connectivity index (χ4v) is 3.42. The number of aromatic nitrogens is 1. The lowest BCUT2D eigenvalue weighted by molar-refractivity contribution is 0.274. The van der Waals surface area contributed by atoms with Crippen LogP contribution in [0, 0.1) is 12.7 Å². The fourth-order valence-electron chi connectivity index (χ4n) is 2.87. The number of hydrogen-bond donors (Lipinski definition) is 1. The van der Waals surface area contributed by atoms with E-state index in [9.17, 15) is 4.39 Å². The number of nitrogens with one attached hydrogen (secondary N) is 1. The van der Waals surface area contributed by atoms with Gasteiger partial charge in [0.15, 0.2) is 5.11 Å². The van der Waals surface area contributed by atoms with Gasteiger partial charge in [0, 0.05) is 30.2 Å². The molecule has 1 aliphatic heterocycles. The summed E-state index contributed by atoms with van der Waals surface area (Å²) in [6, 6.07) is 8.98. The number of hydrogen-bond acceptors (Lipinski definition) is 1. The zero-order chi connectivity index (χ0) is 15.9. The van der Waals surface area contributed by atoms with Gasteiger partial charge in [-0.15, -0.1) is 0 Å². The van der Waals surface area contributed by atoms with Gasteiger partial charge in [-0.1, -0.05) is 11.6 Å². The molecule has 6 heteroatoms. The lowest BCUT2D eigenvalue weighted by Gasteiger charge is -2.37. The maximum atomic E-state index is 13.2. The molecule has 3 nitrogen and oxygen atoms in total. The van der Waals surface area contributed by atoms with Crippen LogP contribution >= 0.6 is 23.8 Å². The Morgan fingerprint density at radius 3 is 2.82 bits per heavy atom. The summed E-state index contributed by atoms with van der Waals surface area (Å²) in [5, 5.41) is 3.86. The average molecular weight is 338 g/mol. The van der Waals surface area contributed by atoms with Crippen molar-refractivity contribution in [2.75, 3.05) is 11.9 Å². The summed E-state index contributed by atoms with van der Waals surface area (Å²) in [6.07, 6.45) is 0. The van der Waals surface area contributed by atoms with E-state index in [1.54, 1.807) is 12.1 Å². The van der Waals surface area contributed by atoms with Gasteiger partial charge in [0.05, 0.1) is 11.1 Å². The molecule has 0 saturated carbocycles. The molecule has 0 amide bonds. The zero-order valence-electron chi connectivity index (χ0n) is 12.4. The van der Waals surface area contributed by atoms with E-state index in [1.165, 1.54) is 17.5 Å². The van der Waals surface area contributed by atoms with E-state index < -0.39 is 5.82 Å². The van der Waals surface area contributed by atoms with Gasteiger partial charge in [0.25, 0.3) is 0 Å². The SMILES string of the molecule is Cc1ccc2n1CCN(C(=S)Nc1ccc(F)c(Cl)c1)[C@@H]2C. The highest BCUT2D eigenvalue weighted by Gasteiger charge is 2.26. The number of nitrogens with zero attached hydrogens (tertiary/aromatic N) is 2. The van der Waals surface area contributed by atoms with Gasteiger partial charge in [0.1, 0.15) is 5.82 Å². The van der Waals surface area contributed by atoms with E-state index in [1.807, 2.05) is 0 Å². The van der Waals surface area contributed by atoms with Crippen LogP contribution in [0.1, 0.15) is 24.4 Å². The van der Waals surface area contributed by atoms with Crippen LogP contribution in [0.25, 0.3) is 0 Å². The Morgan fingerprint density at radius 2 is 2.09 bits per heavy atom. The molecule has 0 unspecified atom stereocenters. The van der Waals surface area contributed by atoms with Crippen molar-refractivity contribution >= 4 is 34.6 Å². The minimum atomic E-state index is -0.433. The van der Waals surface area contributed by atoms with Crippen LogP contribution in [0.15, 0.2) is 30.3 Å². The number of benzene rings is 1. The van der Waals surface area contributed by atoms with Crippen LogP contribution in [-0.4, -0.2) is 21.1 Å². The molecule has 0 bridgehead atoms. The Morgan fingerprint density at radius 1 is 1.32 bits per heavy atom. The molecule has 0 radical (unpaired) electrons. The number of aryl methyl sites for hydroxylation is 1. The molecule has 0 saturated heterocycles. The van der Waals surface area contributed by atoms with Crippen LogP contribution in [0.5, 0.6) is 0 Å². The van der Waals surface area contributed by atoms with Gasteiger partial charge >= 0.3 is 0 Å². The first-order chi connectivity index (χ1) is 10.5. The van der Waals surface area contributed by atoms with Gasteiger partial charge in [0.2, 0.25) is 0 Å². The minimum absolute atomic E-state index is 0.0870. The second-order valence-electron chi connectivity index (χ2n) is 5.48. The van der Waals surface area contributed by atoms with E-state index in [2.05, 4.69) is 40.8 Å². The Balaban J connectivity index is 1.77. The van der Waals surface area contributed by atoms with Gasteiger partial charge < -0.3 is 14.8 Å². The second-order valence-corrected chi connectivity index (χ2v) is 6.27. The number of rotatable bonds is 1. The van der Waals surface area contributed by atoms with Crippen LogP contribution in [0.2, 0.25) is 5.02 Å². The van der Waals surface area contributed by atoms with Crippen LogP contribution in [0.4, 0.5) is 10.1 Å². The molecule has 1 N–H and O–H groups in total. The van der Waals surface area contributed by atoms with Crippen LogP contribution in [-0.2, 0) is 6.54 Å². The van der Waals surface area contributed by atoms with Crippen molar-refractivity contribution in [2.24, 2.45) is 0 Å². The predicted octanol–water partition coefficient (Wildman–Crippen LogP) is 4.36. The van der Waals surface area contributed by atoms with E-state index >= 15 is 0 Å². The van der Waals surface area contributed by atoms with Crippen molar-refractivity contribution in [3.8, 4) is 0 Å². The highest BCUT2D eigenvalue weighted by Crippen LogP contribution is 2.28. The molecule has 3 rings (SSSR count). The number of fused-ring (bicyclic) bond motifs is 1. The third kappa shape index (κ3) is 2.71. The Bertz CT molecular complexity index is 728. The molecule has 22 heavy (non-hydrogen) atoms. The van der Waals surface area contributed by atoms with Gasteiger partial charge in [-0.05, 0) is 56.4 Å². The Hall–Kier alpha value is -1.59. The summed E-state index contributed by atoms with van der Waals surface area (Å²) in [4.78, 5) is 2.14. The summed E-state index contributed by atoms with van der Waals surface area (Å²) >= 11 is 11.3. The summed E-state index contributed by atoms with van der Waals surface area (Å²) in [6.45, 7) is 5.99. The molecular weight excluding hydrogens is 321 g/mol.